The minimum atomic E-state index is -0.750. The average Bonchev–Trinajstić information content (AvgIpc) is 3.54. The minimum Gasteiger partial charge on any atom is -0.304 e. The van der Waals surface area contributed by atoms with Crippen molar-refractivity contribution in [3.8, 4) is 0 Å². The smallest absolute Gasteiger partial charge is 0.116 e. The van der Waals surface area contributed by atoms with E-state index in [0.717, 1.165) is 36.2 Å². The van der Waals surface area contributed by atoms with E-state index in [1.807, 2.05) is 9.24 Å². The van der Waals surface area contributed by atoms with Crippen LogP contribution in [0.2, 0.25) is 0 Å². The molecule has 0 amide bonds. The van der Waals surface area contributed by atoms with Crippen molar-refractivity contribution in [2.75, 3.05) is 6.62 Å². The first-order valence-electron chi connectivity index (χ1n) is 12.4. The predicted octanol–water partition coefficient (Wildman–Crippen LogP) is 6.12. The van der Waals surface area contributed by atoms with Gasteiger partial charge in [-0.25, -0.2) is 0 Å². The molecule has 0 heterocycles. The SMILES string of the molecule is C1=CC2C3C=CC(C3)C2C1.C1CC2C3CCC(C3)C2C1.CC=O.CC=O.[2H]C([2H])P. The van der Waals surface area contributed by atoms with Crippen molar-refractivity contribution in [3.63, 3.8) is 0 Å². The van der Waals surface area contributed by atoms with Gasteiger partial charge in [-0.3, -0.25) is 0 Å². The number of allylic oxidation sites excluding steroid dienone is 4. The van der Waals surface area contributed by atoms with Crippen molar-refractivity contribution in [1.82, 2.24) is 0 Å². The van der Waals surface area contributed by atoms with E-state index in [1.54, 1.807) is 38.5 Å². The maximum absolute atomic E-state index is 8.81. The van der Waals surface area contributed by atoms with Crippen LogP contribution in [0.1, 0.15) is 68.0 Å². The lowest BCUT2D eigenvalue weighted by atomic mass is 9.82. The van der Waals surface area contributed by atoms with E-state index in [1.165, 1.54) is 50.4 Å². The zero-order valence-corrected chi connectivity index (χ0v) is 18.9. The normalized spacial score (nSPS) is 42.3. The summed E-state index contributed by atoms with van der Waals surface area (Å²) in [6.45, 7) is 2.14. The van der Waals surface area contributed by atoms with Crippen LogP contribution in [0.5, 0.6) is 0 Å². The van der Waals surface area contributed by atoms with Gasteiger partial charge in [0.25, 0.3) is 0 Å². The molecule has 0 aromatic heterocycles. The molecule has 6 aliphatic carbocycles. The summed E-state index contributed by atoms with van der Waals surface area (Å²) in [6.07, 6.45) is 23.5. The first-order valence-corrected chi connectivity index (χ1v) is 11.9. The van der Waals surface area contributed by atoms with Crippen LogP contribution in [0.4, 0.5) is 0 Å². The lowest BCUT2D eigenvalue weighted by Gasteiger charge is -2.23. The van der Waals surface area contributed by atoms with Crippen molar-refractivity contribution in [2.45, 2.75) is 65.2 Å². The molecule has 6 aliphatic rings. The number of fused-ring (bicyclic) bond motifs is 10. The van der Waals surface area contributed by atoms with Gasteiger partial charge < -0.3 is 9.59 Å². The van der Waals surface area contributed by atoms with Crippen molar-refractivity contribution in [1.29, 1.82) is 0 Å². The molecule has 6 rings (SSSR count). The van der Waals surface area contributed by atoms with E-state index < -0.39 is 6.62 Å². The molecule has 4 saturated carbocycles. The van der Waals surface area contributed by atoms with E-state index >= 15 is 0 Å². The first kappa shape index (κ1) is 20.5. The van der Waals surface area contributed by atoms with Gasteiger partial charge in [-0.15, -0.1) is 9.24 Å². The van der Waals surface area contributed by atoms with E-state index in [0.29, 0.717) is 0 Å². The summed E-state index contributed by atoms with van der Waals surface area (Å²) in [6, 6.07) is 0. The fraction of sp³-hybridized carbons (Fsp3) is 0.760. The van der Waals surface area contributed by atoms with Gasteiger partial charge in [-0.2, -0.15) is 0 Å². The number of carbonyl (C=O) groups excluding carboxylic acids is 2. The molecule has 0 aromatic carbocycles. The number of aldehydes is 2. The molecule has 9 atom stereocenters. The topological polar surface area (TPSA) is 34.1 Å². The summed E-state index contributed by atoms with van der Waals surface area (Å²) in [5.41, 5.74) is 0. The Bertz CT molecular complexity index is 567. The van der Waals surface area contributed by atoms with Crippen LogP contribution in [0.25, 0.3) is 0 Å². The highest BCUT2D eigenvalue weighted by molar-refractivity contribution is 7.15. The molecule has 0 aromatic rings. The summed E-state index contributed by atoms with van der Waals surface area (Å²) < 4.78 is 12.4. The predicted molar refractivity (Wildman–Crippen MR) is 122 cm³/mol. The maximum atomic E-state index is 8.81. The van der Waals surface area contributed by atoms with Crippen LogP contribution in [-0.2, 0) is 9.59 Å². The monoisotopic (exact) mass is 406 g/mol. The van der Waals surface area contributed by atoms with Crippen LogP contribution in [0.3, 0.4) is 0 Å². The van der Waals surface area contributed by atoms with Gasteiger partial charge in [-0.1, -0.05) is 37.3 Å². The largest absolute Gasteiger partial charge is 0.304 e. The molecule has 2 nitrogen and oxygen atoms in total. The van der Waals surface area contributed by atoms with Gasteiger partial charge >= 0.3 is 0 Å². The second-order valence-electron chi connectivity index (χ2n) is 8.92. The summed E-state index contributed by atoms with van der Waals surface area (Å²) in [5.74, 6) is 8.62. The van der Waals surface area contributed by atoms with Gasteiger partial charge in [-0.05, 0) is 106 Å². The summed E-state index contributed by atoms with van der Waals surface area (Å²) in [7, 11) is 1.99. The third kappa shape index (κ3) is 5.24. The van der Waals surface area contributed by atoms with Crippen molar-refractivity contribution in [2.24, 2.45) is 47.3 Å². The fourth-order valence-electron chi connectivity index (χ4n) is 6.99. The molecule has 0 radical (unpaired) electrons. The molecule has 4 bridgehead atoms. The number of hydrogen-bond acceptors (Lipinski definition) is 2. The Hall–Kier alpha value is -0.750. The molecule has 3 heteroatoms. The molecule has 0 N–H and O–H groups in total. The van der Waals surface area contributed by atoms with Gasteiger partial charge in [0.05, 0.1) is 0 Å². The average molecular weight is 407 g/mol. The fourth-order valence-corrected chi connectivity index (χ4v) is 6.99. The second-order valence-corrected chi connectivity index (χ2v) is 8.92. The van der Waals surface area contributed by atoms with Crippen LogP contribution in [0, 0.1) is 47.3 Å². The Morgan fingerprint density at radius 1 is 0.857 bits per heavy atom. The number of hydrogen-bond donors (Lipinski definition) is 0. The highest BCUT2D eigenvalue weighted by Crippen LogP contribution is 2.58. The van der Waals surface area contributed by atoms with Crippen LogP contribution in [0.15, 0.2) is 24.3 Å². The Morgan fingerprint density at radius 2 is 1.39 bits per heavy atom. The van der Waals surface area contributed by atoms with Crippen molar-refractivity contribution < 1.29 is 12.3 Å². The third-order valence-electron chi connectivity index (χ3n) is 7.80. The standard InChI is InChI=1S/C10H16.C10H12.2C2H4O.CH5P/c2*1-2-9-7-4-5-8(6-7)10(9)3-1;2*1-2-3;1-2/h7-10H,1-6H2;1-2,4-5,7-10H,3,6H2;2*2H,1H3;2H2,1H3/i;;;;1D2. The summed E-state index contributed by atoms with van der Waals surface area (Å²) in [5, 5.41) is 0. The van der Waals surface area contributed by atoms with Gasteiger partial charge in [0.2, 0.25) is 0 Å². The first-order chi connectivity index (χ1) is 14.5. The molecule has 9 unspecified atom stereocenters. The van der Waals surface area contributed by atoms with Crippen LogP contribution in [-0.4, -0.2) is 19.2 Å². The van der Waals surface area contributed by atoms with Crippen LogP contribution >= 0.6 is 9.24 Å². The lowest BCUT2D eigenvalue weighted by Crippen LogP contribution is -2.15. The van der Waals surface area contributed by atoms with E-state index in [-0.39, 0.29) is 0 Å². The van der Waals surface area contributed by atoms with E-state index in [2.05, 4.69) is 24.3 Å². The number of rotatable bonds is 0. The molecular formula is C25H41O2P. The molecule has 158 valence electrons. The Balaban J connectivity index is 0.000000151. The van der Waals surface area contributed by atoms with Crippen molar-refractivity contribution in [3.05, 3.63) is 24.3 Å². The molecule has 0 saturated heterocycles. The molecule has 28 heavy (non-hydrogen) atoms. The molecule has 0 aliphatic heterocycles. The minimum absolute atomic E-state index is 0.750. The lowest BCUT2D eigenvalue weighted by molar-refractivity contribution is -0.106. The molecule has 0 spiro atoms. The summed E-state index contributed by atoms with van der Waals surface area (Å²) >= 11 is 0. The highest BCUT2D eigenvalue weighted by atomic mass is 31.0. The van der Waals surface area contributed by atoms with Crippen LogP contribution < -0.4 is 0 Å². The van der Waals surface area contributed by atoms with E-state index in [4.69, 9.17) is 12.3 Å². The zero-order valence-electron chi connectivity index (χ0n) is 19.7. The maximum Gasteiger partial charge on any atom is 0.116 e. The van der Waals surface area contributed by atoms with Gasteiger partial charge in [0.15, 0.2) is 0 Å². The number of carbonyl (C=O) groups is 2. The summed E-state index contributed by atoms with van der Waals surface area (Å²) in [4.78, 5) is 17.6. The van der Waals surface area contributed by atoms with Crippen molar-refractivity contribution >= 4 is 21.8 Å². The van der Waals surface area contributed by atoms with Gasteiger partial charge in [0, 0.05) is 2.74 Å². The third-order valence-corrected chi connectivity index (χ3v) is 7.80. The Morgan fingerprint density at radius 3 is 1.93 bits per heavy atom. The van der Waals surface area contributed by atoms with E-state index in [9.17, 15) is 0 Å². The van der Waals surface area contributed by atoms with Gasteiger partial charge in [0.1, 0.15) is 12.6 Å². The highest BCUT2D eigenvalue weighted by Gasteiger charge is 2.48. The molecular weight excluding hydrogens is 363 g/mol. The Kier molecular flexibility index (Phi) is 8.84. The quantitative estimate of drug-likeness (QED) is 0.276. The second kappa shape index (κ2) is 12.1. The Labute approximate surface area is 178 Å². The zero-order chi connectivity index (χ0) is 22.1. The molecule has 4 fully saturated rings.